The minimum Gasteiger partial charge on any atom is -0.324 e. The summed E-state index contributed by atoms with van der Waals surface area (Å²) in [5.74, 6) is 1.42. The normalized spacial score (nSPS) is 24.1. The van der Waals surface area contributed by atoms with Crippen LogP contribution in [-0.2, 0) is 0 Å². The molecule has 1 saturated carbocycles. The fourth-order valence-corrected chi connectivity index (χ4v) is 4.65. The van der Waals surface area contributed by atoms with Gasteiger partial charge in [0.05, 0.1) is 11.8 Å². The molecular formula is C18H23N3OS. The van der Waals surface area contributed by atoms with Crippen molar-refractivity contribution >= 4 is 23.5 Å². The highest BCUT2D eigenvalue weighted by molar-refractivity contribution is 8.00. The van der Waals surface area contributed by atoms with Gasteiger partial charge in [-0.1, -0.05) is 25.5 Å². The van der Waals surface area contributed by atoms with Gasteiger partial charge in [-0.3, -0.25) is 0 Å². The largest absolute Gasteiger partial charge is 0.324 e. The smallest absolute Gasteiger partial charge is 0.321 e. The van der Waals surface area contributed by atoms with Crippen molar-refractivity contribution in [2.75, 3.05) is 18.4 Å². The van der Waals surface area contributed by atoms with Gasteiger partial charge in [0.1, 0.15) is 0 Å². The Bertz CT molecular complexity index is 601. The molecular weight excluding hydrogens is 306 g/mol. The van der Waals surface area contributed by atoms with Crippen LogP contribution in [0.4, 0.5) is 10.5 Å². The van der Waals surface area contributed by atoms with E-state index in [1.54, 1.807) is 11.8 Å². The number of carbonyl (C=O) groups is 1. The predicted octanol–water partition coefficient (Wildman–Crippen LogP) is 4.34. The molecule has 1 aromatic rings. The number of likely N-dealkylation sites (tertiary alicyclic amines) is 1. The maximum atomic E-state index is 12.6. The van der Waals surface area contributed by atoms with E-state index in [0.717, 1.165) is 23.7 Å². The van der Waals surface area contributed by atoms with Gasteiger partial charge in [-0.2, -0.15) is 5.26 Å². The topological polar surface area (TPSA) is 56.1 Å². The number of urea groups is 1. The van der Waals surface area contributed by atoms with E-state index in [9.17, 15) is 4.79 Å². The molecule has 1 aliphatic heterocycles. The van der Waals surface area contributed by atoms with E-state index in [-0.39, 0.29) is 11.3 Å². The minimum atomic E-state index is 0.0142. The number of hydrogen-bond acceptors (Lipinski definition) is 3. The van der Waals surface area contributed by atoms with Gasteiger partial charge in [0.15, 0.2) is 0 Å². The van der Waals surface area contributed by atoms with E-state index in [1.165, 1.54) is 19.3 Å². The lowest BCUT2D eigenvalue weighted by Crippen LogP contribution is -2.33. The molecule has 0 bridgehead atoms. The second-order valence-corrected chi connectivity index (χ2v) is 8.05. The Balaban J connectivity index is 1.63. The highest BCUT2D eigenvalue weighted by atomic mass is 32.2. The van der Waals surface area contributed by atoms with Crippen LogP contribution in [0.5, 0.6) is 0 Å². The first-order chi connectivity index (χ1) is 11.2. The lowest BCUT2D eigenvalue weighted by atomic mass is 10.0. The SMILES string of the molecule is C[C@H](CC#N)Sc1ccccc1NC(=O)N1C[C@H]2CCC[C@@H]2C1. The minimum absolute atomic E-state index is 0.0142. The number of thioether (sulfide) groups is 1. The van der Waals surface area contributed by atoms with E-state index in [1.807, 2.05) is 36.1 Å². The summed E-state index contributed by atoms with van der Waals surface area (Å²) in [6, 6.07) is 10.1. The zero-order valence-electron chi connectivity index (χ0n) is 13.5. The summed E-state index contributed by atoms with van der Waals surface area (Å²) in [7, 11) is 0. The van der Waals surface area contributed by atoms with Gasteiger partial charge in [0.2, 0.25) is 0 Å². The molecule has 122 valence electrons. The van der Waals surface area contributed by atoms with Crippen LogP contribution in [0.3, 0.4) is 0 Å². The summed E-state index contributed by atoms with van der Waals surface area (Å²) in [5.41, 5.74) is 0.851. The number of nitriles is 1. The molecule has 1 heterocycles. The number of carbonyl (C=O) groups excluding carboxylic acids is 1. The van der Waals surface area contributed by atoms with Crippen LogP contribution in [0.15, 0.2) is 29.2 Å². The van der Waals surface area contributed by atoms with Gasteiger partial charge in [-0.05, 0) is 36.8 Å². The van der Waals surface area contributed by atoms with Gasteiger partial charge in [0, 0.05) is 29.7 Å². The number of para-hydroxylation sites is 1. The summed E-state index contributed by atoms with van der Waals surface area (Å²) in [5, 5.41) is 12.1. The number of rotatable bonds is 4. The molecule has 1 aliphatic carbocycles. The average molecular weight is 329 g/mol. The summed E-state index contributed by atoms with van der Waals surface area (Å²) >= 11 is 1.64. The molecule has 3 rings (SSSR count). The third-order valence-corrected chi connectivity index (χ3v) is 6.03. The van der Waals surface area contributed by atoms with Gasteiger partial charge in [-0.25, -0.2) is 4.79 Å². The van der Waals surface area contributed by atoms with E-state index in [0.29, 0.717) is 18.3 Å². The quantitative estimate of drug-likeness (QED) is 0.836. The third kappa shape index (κ3) is 3.81. The van der Waals surface area contributed by atoms with E-state index < -0.39 is 0 Å². The predicted molar refractivity (Wildman–Crippen MR) is 93.4 cm³/mol. The van der Waals surface area contributed by atoms with Gasteiger partial charge in [0.25, 0.3) is 0 Å². The zero-order chi connectivity index (χ0) is 16.2. The van der Waals surface area contributed by atoms with Crippen molar-refractivity contribution in [3.05, 3.63) is 24.3 Å². The molecule has 5 heteroatoms. The number of fused-ring (bicyclic) bond motifs is 1. The third-order valence-electron chi connectivity index (χ3n) is 4.85. The van der Waals surface area contributed by atoms with E-state index in [4.69, 9.17) is 5.26 Å². The van der Waals surface area contributed by atoms with E-state index >= 15 is 0 Å². The zero-order valence-corrected chi connectivity index (χ0v) is 14.3. The lowest BCUT2D eigenvalue weighted by molar-refractivity contribution is 0.219. The van der Waals surface area contributed by atoms with Crippen LogP contribution >= 0.6 is 11.8 Å². The summed E-state index contributed by atoms with van der Waals surface area (Å²) < 4.78 is 0. The molecule has 2 fully saturated rings. The number of nitrogens with one attached hydrogen (secondary N) is 1. The Kier molecular flexibility index (Phi) is 5.12. The Labute approximate surface area is 142 Å². The first-order valence-electron chi connectivity index (χ1n) is 8.36. The van der Waals surface area contributed by atoms with Crippen molar-refractivity contribution in [1.29, 1.82) is 5.26 Å². The standard InChI is InChI=1S/C18H23N3OS/c1-13(9-10-19)23-17-8-3-2-7-16(17)20-18(22)21-11-14-5-4-6-15(14)12-21/h2-3,7-8,13-15H,4-6,9,11-12H2,1H3,(H,20,22)/t13-,14-,15-/m1/s1. The summed E-state index contributed by atoms with van der Waals surface area (Å²) in [4.78, 5) is 15.6. The molecule has 0 radical (unpaired) electrons. The van der Waals surface area contributed by atoms with Crippen molar-refractivity contribution in [3.8, 4) is 6.07 Å². The number of anilines is 1. The Hall–Kier alpha value is -1.67. The molecule has 2 amide bonds. The molecule has 0 unspecified atom stereocenters. The van der Waals surface area contributed by atoms with Gasteiger partial charge < -0.3 is 10.2 Å². The second kappa shape index (κ2) is 7.27. The molecule has 1 N–H and O–H groups in total. The van der Waals surface area contributed by atoms with Crippen LogP contribution in [0, 0.1) is 23.2 Å². The van der Waals surface area contributed by atoms with E-state index in [2.05, 4.69) is 11.4 Å². The molecule has 4 nitrogen and oxygen atoms in total. The fraction of sp³-hybridized carbons (Fsp3) is 0.556. The molecule has 23 heavy (non-hydrogen) atoms. The van der Waals surface area contributed by atoms with Gasteiger partial charge in [-0.15, -0.1) is 11.8 Å². The highest BCUT2D eigenvalue weighted by Gasteiger charge is 2.38. The first kappa shape index (κ1) is 16.2. The Morgan fingerprint density at radius 3 is 2.78 bits per heavy atom. The average Bonchev–Trinajstić information content (AvgIpc) is 3.11. The fourth-order valence-electron chi connectivity index (χ4n) is 3.65. The molecule has 3 atom stereocenters. The molecule has 0 spiro atoms. The number of amides is 2. The van der Waals surface area contributed by atoms with Crippen LogP contribution in [0.1, 0.15) is 32.6 Å². The molecule has 1 aromatic carbocycles. The highest BCUT2D eigenvalue weighted by Crippen LogP contribution is 2.38. The van der Waals surface area contributed by atoms with Crippen LogP contribution in [0.25, 0.3) is 0 Å². The van der Waals surface area contributed by atoms with Crippen LogP contribution in [0.2, 0.25) is 0 Å². The molecule has 1 saturated heterocycles. The van der Waals surface area contributed by atoms with Crippen molar-refractivity contribution in [1.82, 2.24) is 4.90 Å². The van der Waals surface area contributed by atoms with Gasteiger partial charge >= 0.3 is 6.03 Å². The van der Waals surface area contributed by atoms with Crippen LogP contribution in [-0.4, -0.2) is 29.3 Å². The lowest BCUT2D eigenvalue weighted by Gasteiger charge is -2.20. The van der Waals surface area contributed by atoms with Crippen molar-refractivity contribution in [2.45, 2.75) is 42.8 Å². The molecule has 2 aliphatic rings. The Morgan fingerprint density at radius 2 is 2.09 bits per heavy atom. The maximum Gasteiger partial charge on any atom is 0.321 e. The molecule has 0 aromatic heterocycles. The number of benzene rings is 1. The van der Waals surface area contributed by atoms with Crippen molar-refractivity contribution < 1.29 is 4.79 Å². The first-order valence-corrected chi connectivity index (χ1v) is 9.24. The van der Waals surface area contributed by atoms with Crippen LogP contribution < -0.4 is 5.32 Å². The summed E-state index contributed by atoms with van der Waals surface area (Å²) in [6.07, 6.45) is 4.36. The number of nitrogens with zero attached hydrogens (tertiary/aromatic N) is 2. The monoisotopic (exact) mass is 329 g/mol. The second-order valence-electron chi connectivity index (χ2n) is 6.57. The summed E-state index contributed by atoms with van der Waals surface area (Å²) in [6.45, 7) is 3.83. The van der Waals surface area contributed by atoms with Crippen molar-refractivity contribution in [3.63, 3.8) is 0 Å². The van der Waals surface area contributed by atoms with Crippen molar-refractivity contribution in [2.24, 2.45) is 11.8 Å². The maximum absolute atomic E-state index is 12.6. The Morgan fingerprint density at radius 1 is 1.39 bits per heavy atom. The number of hydrogen-bond donors (Lipinski definition) is 1.